The molecular formula is C25H48O4. The Labute approximate surface area is 180 Å². The first kappa shape index (κ1) is 27.9. The van der Waals surface area contributed by atoms with E-state index in [9.17, 15) is 9.59 Å². The van der Waals surface area contributed by atoms with Crippen LogP contribution in [0.4, 0.5) is 0 Å². The van der Waals surface area contributed by atoms with Crippen LogP contribution in [-0.2, 0) is 19.1 Å². The van der Waals surface area contributed by atoms with Gasteiger partial charge in [-0.2, -0.15) is 0 Å². The van der Waals surface area contributed by atoms with Crippen LogP contribution in [0.25, 0.3) is 0 Å². The second kappa shape index (κ2) is 20.2. The van der Waals surface area contributed by atoms with Crippen LogP contribution in [0, 0.1) is 11.8 Å². The Bertz CT molecular complexity index is 354. The van der Waals surface area contributed by atoms with Gasteiger partial charge in [0.1, 0.15) is 0 Å². The van der Waals surface area contributed by atoms with Gasteiger partial charge >= 0.3 is 11.9 Å². The minimum atomic E-state index is -0.0640. The summed E-state index contributed by atoms with van der Waals surface area (Å²) < 4.78 is 10.6. The molecule has 0 aliphatic carbocycles. The molecule has 172 valence electrons. The Morgan fingerprint density at radius 1 is 0.517 bits per heavy atom. The Morgan fingerprint density at radius 3 is 1.24 bits per heavy atom. The molecule has 0 spiro atoms. The lowest BCUT2D eigenvalue weighted by Gasteiger charge is -2.07. The van der Waals surface area contributed by atoms with Crippen molar-refractivity contribution in [3.05, 3.63) is 0 Å². The molecule has 0 saturated heterocycles. The van der Waals surface area contributed by atoms with Gasteiger partial charge in [-0.05, 0) is 37.5 Å². The summed E-state index contributed by atoms with van der Waals surface area (Å²) in [4.78, 5) is 23.4. The molecule has 0 aromatic rings. The second-order valence-electron chi connectivity index (χ2n) is 9.20. The van der Waals surface area contributed by atoms with Crippen LogP contribution in [0.3, 0.4) is 0 Å². The van der Waals surface area contributed by atoms with E-state index < -0.39 is 0 Å². The van der Waals surface area contributed by atoms with Crippen LogP contribution < -0.4 is 0 Å². The molecule has 0 radical (unpaired) electrons. The van der Waals surface area contributed by atoms with E-state index in [1.807, 2.05) is 0 Å². The summed E-state index contributed by atoms with van der Waals surface area (Å²) in [5, 5.41) is 0. The Balaban J connectivity index is 3.31. The van der Waals surface area contributed by atoms with E-state index in [0.717, 1.165) is 69.6 Å². The van der Waals surface area contributed by atoms with Crippen molar-refractivity contribution in [2.45, 2.75) is 124 Å². The minimum Gasteiger partial charge on any atom is -0.466 e. The van der Waals surface area contributed by atoms with Gasteiger partial charge in [-0.15, -0.1) is 0 Å². The van der Waals surface area contributed by atoms with Crippen LogP contribution in [0.2, 0.25) is 0 Å². The van der Waals surface area contributed by atoms with Gasteiger partial charge in [-0.25, -0.2) is 0 Å². The molecule has 0 unspecified atom stereocenters. The van der Waals surface area contributed by atoms with Gasteiger partial charge in [-0.1, -0.05) is 85.5 Å². The largest absolute Gasteiger partial charge is 0.466 e. The first-order valence-electron chi connectivity index (χ1n) is 12.2. The molecule has 0 N–H and O–H groups in total. The van der Waals surface area contributed by atoms with Crippen LogP contribution in [0.5, 0.6) is 0 Å². The summed E-state index contributed by atoms with van der Waals surface area (Å²) in [6.45, 7) is 10.1. The fraction of sp³-hybridized carbons (Fsp3) is 0.920. The van der Waals surface area contributed by atoms with Crippen molar-refractivity contribution < 1.29 is 19.1 Å². The topological polar surface area (TPSA) is 52.6 Å². The van der Waals surface area contributed by atoms with E-state index in [4.69, 9.17) is 9.47 Å². The Kier molecular flexibility index (Phi) is 19.5. The average molecular weight is 413 g/mol. The number of hydrogen-bond donors (Lipinski definition) is 0. The second-order valence-corrected chi connectivity index (χ2v) is 9.20. The molecule has 0 saturated carbocycles. The van der Waals surface area contributed by atoms with E-state index >= 15 is 0 Å². The molecule has 0 aliphatic heterocycles. The van der Waals surface area contributed by atoms with Gasteiger partial charge in [0.05, 0.1) is 13.2 Å². The molecule has 29 heavy (non-hydrogen) atoms. The predicted octanol–water partition coefficient (Wildman–Crippen LogP) is 7.24. The van der Waals surface area contributed by atoms with Crippen molar-refractivity contribution in [3.8, 4) is 0 Å². The highest BCUT2D eigenvalue weighted by Gasteiger charge is 2.05. The van der Waals surface area contributed by atoms with Crippen molar-refractivity contribution >= 4 is 11.9 Å². The smallest absolute Gasteiger partial charge is 0.305 e. The molecule has 0 rings (SSSR count). The maximum absolute atomic E-state index is 11.7. The quantitative estimate of drug-likeness (QED) is 0.156. The highest BCUT2D eigenvalue weighted by Crippen LogP contribution is 2.11. The van der Waals surface area contributed by atoms with Gasteiger partial charge in [0.25, 0.3) is 0 Å². The highest BCUT2D eigenvalue weighted by molar-refractivity contribution is 5.69. The van der Waals surface area contributed by atoms with Crippen LogP contribution in [-0.4, -0.2) is 25.2 Å². The SMILES string of the molecule is CC(C)CCCCCOC(=O)CCCCCCCC(=O)OCCCCCC(C)C. The van der Waals surface area contributed by atoms with E-state index in [1.165, 1.54) is 25.7 Å². The van der Waals surface area contributed by atoms with Crippen molar-refractivity contribution in [1.82, 2.24) is 0 Å². The first-order chi connectivity index (χ1) is 13.9. The molecule has 4 heteroatoms. The Hall–Kier alpha value is -1.06. The van der Waals surface area contributed by atoms with Gasteiger partial charge in [0.2, 0.25) is 0 Å². The van der Waals surface area contributed by atoms with E-state index in [-0.39, 0.29) is 11.9 Å². The highest BCUT2D eigenvalue weighted by atomic mass is 16.5. The molecule has 0 atom stereocenters. The van der Waals surface area contributed by atoms with Crippen LogP contribution >= 0.6 is 0 Å². The maximum atomic E-state index is 11.7. The van der Waals surface area contributed by atoms with E-state index in [2.05, 4.69) is 27.7 Å². The third kappa shape index (κ3) is 23.1. The van der Waals surface area contributed by atoms with Gasteiger partial charge in [0, 0.05) is 12.8 Å². The van der Waals surface area contributed by atoms with Crippen molar-refractivity contribution in [2.24, 2.45) is 11.8 Å². The summed E-state index contributed by atoms with van der Waals surface area (Å²) in [5.74, 6) is 1.39. The van der Waals surface area contributed by atoms with Crippen molar-refractivity contribution in [3.63, 3.8) is 0 Å². The normalized spacial score (nSPS) is 11.2. The first-order valence-corrected chi connectivity index (χ1v) is 12.2. The third-order valence-corrected chi connectivity index (χ3v) is 5.14. The van der Waals surface area contributed by atoms with Crippen LogP contribution in [0.15, 0.2) is 0 Å². The number of hydrogen-bond acceptors (Lipinski definition) is 4. The summed E-state index contributed by atoms with van der Waals surface area (Å²) in [6, 6.07) is 0. The molecular weight excluding hydrogens is 364 g/mol. The van der Waals surface area contributed by atoms with Gasteiger partial charge < -0.3 is 9.47 Å². The fourth-order valence-electron chi connectivity index (χ4n) is 3.25. The number of carbonyl (C=O) groups excluding carboxylic acids is 2. The fourth-order valence-corrected chi connectivity index (χ4v) is 3.25. The zero-order valence-electron chi connectivity index (χ0n) is 19.8. The van der Waals surface area contributed by atoms with Gasteiger partial charge in [-0.3, -0.25) is 9.59 Å². The summed E-state index contributed by atoms with van der Waals surface area (Å²) in [6.07, 6.45) is 15.1. The number of unbranched alkanes of at least 4 members (excludes halogenated alkanes) is 8. The third-order valence-electron chi connectivity index (χ3n) is 5.14. The molecule has 0 bridgehead atoms. The van der Waals surface area contributed by atoms with Gasteiger partial charge in [0.15, 0.2) is 0 Å². The lowest BCUT2D eigenvalue weighted by molar-refractivity contribution is -0.144. The number of carbonyl (C=O) groups is 2. The number of ether oxygens (including phenoxy) is 2. The lowest BCUT2D eigenvalue weighted by atomic mass is 10.1. The molecule has 0 aromatic carbocycles. The zero-order valence-corrected chi connectivity index (χ0v) is 19.8. The maximum Gasteiger partial charge on any atom is 0.305 e. The lowest BCUT2D eigenvalue weighted by Crippen LogP contribution is -2.06. The summed E-state index contributed by atoms with van der Waals surface area (Å²) >= 11 is 0. The minimum absolute atomic E-state index is 0.0640. The molecule has 0 heterocycles. The van der Waals surface area contributed by atoms with Crippen molar-refractivity contribution in [1.29, 1.82) is 0 Å². The molecule has 0 fully saturated rings. The van der Waals surface area contributed by atoms with Crippen LogP contribution in [0.1, 0.15) is 124 Å². The van der Waals surface area contributed by atoms with Crippen molar-refractivity contribution in [2.75, 3.05) is 13.2 Å². The standard InChI is InChI=1S/C25H48O4/c1-22(2)16-10-8-14-20-28-24(26)18-12-6-5-7-13-19-25(27)29-21-15-9-11-17-23(3)4/h22-23H,5-21H2,1-4H3. The van der Waals surface area contributed by atoms with E-state index in [1.54, 1.807) is 0 Å². The van der Waals surface area contributed by atoms with E-state index in [0.29, 0.717) is 26.1 Å². The molecule has 4 nitrogen and oxygen atoms in total. The number of esters is 2. The number of rotatable bonds is 20. The molecule has 0 amide bonds. The Morgan fingerprint density at radius 2 is 0.862 bits per heavy atom. The predicted molar refractivity (Wildman–Crippen MR) is 121 cm³/mol. The average Bonchev–Trinajstić information content (AvgIpc) is 2.66. The molecule has 0 aromatic heterocycles. The zero-order chi connectivity index (χ0) is 21.7. The summed E-state index contributed by atoms with van der Waals surface area (Å²) in [7, 11) is 0. The molecule has 0 aliphatic rings. The summed E-state index contributed by atoms with van der Waals surface area (Å²) in [5.41, 5.74) is 0. The monoisotopic (exact) mass is 412 g/mol.